The van der Waals surface area contributed by atoms with Gasteiger partial charge in [-0.1, -0.05) is 103 Å². The van der Waals surface area contributed by atoms with Gasteiger partial charge in [-0.15, -0.1) is 0 Å². The molecule has 2 unspecified atom stereocenters. The Labute approximate surface area is 189 Å². The van der Waals surface area contributed by atoms with Crippen molar-refractivity contribution in [2.24, 2.45) is 5.73 Å². The Morgan fingerprint density at radius 3 is 1.58 bits per heavy atom. The largest absolute Gasteiger partial charge is 0.433 e. The first kappa shape index (κ1) is 29.7. The molecule has 0 spiro atoms. The molecule has 0 bridgehead atoms. The average molecular weight is 445 g/mol. The summed E-state index contributed by atoms with van der Waals surface area (Å²) in [5.74, 6) is -0.849. The molecule has 31 heavy (non-hydrogen) atoms. The number of amides is 2. The molecule has 0 rings (SSSR count). The summed E-state index contributed by atoms with van der Waals surface area (Å²) in [4.78, 5) is 23.1. The van der Waals surface area contributed by atoms with E-state index in [1.165, 1.54) is 90.6 Å². The van der Waals surface area contributed by atoms with Gasteiger partial charge >= 0.3 is 6.09 Å². The van der Waals surface area contributed by atoms with Crippen LogP contribution in [0.1, 0.15) is 110 Å². The number of alkyl carbamates (subject to hydrolysis) is 1. The predicted octanol–water partition coefficient (Wildman–Crippen LogP) is 4.84. The molecule has 4 N–H and O–H groups in total. The third-order valence-corrected chi connectivity index (χ3v) is 5.63. The minimum absolute atomic E-state index is 0.462. The van der Waals surface area contributed by atoms with Crippen LogP contribution in [0.4, 0.5) is 4.79 Å². The molecule has 0 heterocycles. The van der Waals surface area contributed by atoms with Gasteiger partial charge < -0.3 is 25.6 Å². The third-order valence-electron chi connectivity index (χ3n) is 5.63. The molecule has 0 aliphatic heterocycles. The highest BCUT2D eigenvalue weighted by atomic mass is 16.6. The Morgan fingerprint density at radius 2 is 1.23 bits per heavy atom. The van der Waals surface area contributed by atoms with Crippen LogP contribution in [-0.2, 0) is 14.3 Å². The van der Waals surface area contributed by atoms with E-state index < -0.39 is 30.8 Å². The Kier molecular flexibility index (Phi) is 20.9. The number of aliphatic hydroxyl groups excluding tert-OH is 1. The van der Waals surface area contributed by atoms with Gasteiger partial charge in [0.05, 0.1) is 6.61 Å². The first-order valence-electron chi connectivity index (χ1n) is 12.4. The number of primary amides is 1. The van der Waals surface area contributed by atoms with Gasteiger partial charge in [0.25, 0.3) is 5.91 Å². The minimum atomic E-state index is -1.30. The molecule has 0 radical (unpaired) electrons. The number of hydrogen-bond donors (Lipinski definition) is 3. The second-order valence-electron chi connectivity index (χ2n) is 8.42. The number of carbonyl (C=O) groups is 2. The number of methoxy groups -OCH3 is 1. The highest BCUT2D eigenvalue weighted by molar-refractivity contribution is 5.82. The molecule has 0 aromatic rings. The van der Waals surface area contributed by atoms with Crippen LogP contribution in [0.15, 0.2) is 0 Å². The number of hydrogen-bond acceptors (Lipinski definition) is 5. The van der Waals surface area contributed by atoms with Gasteiger partial charge in [-0.25, -0.2) is 4.79 Å². The van der Waals surface area contributed by atoms with E-state index in [0.717, 1.165) is 19.3 Å². The van der Waals surface area contributed by atoms with Crippen LogP contribution in [0.25, 0.3) is 0 Å². The van der Waals surface area contributed by atoms with E-state index in [1.807, 2.05) is 0 Å². The molecule has 7 heteroatoms. The summed E-state index contributed by atoms with van der Waals surface area (Å²) >= 11 is 0. The van der Waals surface area contributed by atoms with Crippen LogP contribution in [-0.4, -0.2) is 49.6 Å². The zero-order chi connectivity index (χ0) is 23.2. The highest BCUT2D eigenvalue weighted by Crippen LogP contribution is 2.13. The molecule has 0 aromatic carbocycles. The van der Waals surface area contributed by atoms with E-state index in [-0.39, 0.29) is 0 Å². The number of carbonyl (C=O) groups excluding carboxylic acids is 2. The summed E-state index contributed by atoms with van der Waals surface area (Å²) in [6.07, 6.45) is 17.8. The lowest BCUT2D eigenvalue weighted by Gasteiger charge is -2.21. The fraction of sp³-hybridized carbons (Fsp3) is 0.917. The van der Waals surface area contributed by atoms with Crippen molar-refractivity contribution in [3.8, 4) is 0 Å². The topological polar surface area (TPSA) is 111 Å². The van der Waals surface area contributed by atoms with Crippen molar-refractivity contribution in [2.45, 2.75) is 122 Å². The van der Waals surface area contributed by atoms with Gasteiger partial charge in [-0.2, -0.15) is 0 Å². The monoisotopic (exact) mass is 444 g/mol. The molecule has 2 atom stereocenters. The maximum absolute atomic E-state index is 11.8. The van der Waals surface area contributed by atoms with E-state index in [4.69, 9.17) is 20.3 Å². The normalized spacial score (nSPS) is 13.0. The fourth-order valence-corrected chi connectivity index (χ4v) is 3.63. The average Bonchev–Trinajstić information content (AvgIpc) is 2.75. The van der Waals surface area contributed by atoms with Gasteiger partial charge in [0.2, 0.25) is 6.10 Å². The molecule has 0 fully saturated rings. The number of unbranched alkanes of at least 4 members (excludes halogenated alkanes) is 15. The van der Waals surface area contributed by atoms with E-state index in [0.29, 0.717) is 6.54 Å². The fourth-order valence-electron chi connectivity index (χ4n) is 3.63. The van der Waals surface area contributed by atoms with Gasteiger partial charge in [-0.05, 0) is 6.42 Å². The zero-order valence-electron chi connectivity index (χ0n) is 20.0. The van der Waals surface area contributed by atoms with Crippen LogP contribution >= 0.6 is 0 Å². The molecule has 0 aromatic heterocycles. The van der Waals surface area contributed by atoms with Gasteiger partial charge in [0.15, 0.2) is 0 Å². The van der Waals surface area contributed by atoms with Gasteiger partial charge in [-0.3, -0.25) is 4.79 Å². The Morgan fingerprint density at radius 1 is 0.806 bits per heavy atom. The lowest BCUT2D eigenvalue weighted by Crippen LogP contribution is -2.46. The number of nitrogens with one attached hydrogen (secondary N) is 1. The summed E-state index contributed by atoms with van der Waals surface area (Å²) < 4.78 is 9.88. The number of nitrogens with two attached hydrogens (primary N) is 1. The molecule has 0 aliphatic carbocycles. The molecule has 184 valence electrons. The second kappa shape index (κ2) is 21.9. The summed E-state index contributed by atoms with van der Waals surface area (Å²) in [5, 5.41) is 11.8. The SMILES string of the molecule is CCCCCCCCCCCCCCCCCCNC(=O)OC(C(N)=O)C(CO)OC. The van der Waals surface area contributed by atoms with Crippen LogP contribution in [0.2, 0.25) is 0 Å². The molecule has 2 amide bonds. The first-order chi connectivity index (χ1) is 15.1. The lowest BCUT2D eigenvalue weighted by molar-refractivity contribution is -0.135. The second-order valence-corrected chi connectivity index (χ2v) is 8.42. The van der Waals surface area contributed by atoms with Crippen molar-refractivity contribution in [3.63, 3.8) is 0 Å². The molecule has 0 saturated carbocycles. The minimum Gasteiger partial charge on any atom is -0.433 e. The molecule has 0 saturated heterocycles. The Hall–Kier alpha value is -1.34. The summed E-state index contributed by atoms with van der Waals surface area (Å²) in [5.41, 5.74) is 5.20. The van der Waals surface area contributed by atoms with E-state index >= 15 is 0 Å². The number of aliphatic hydroxyl groups is 1. The summed E-state index contributed by atoms with van der Waals surface area (Å²) in [6.45, 7) is 2.29. The van der Waals surface area contributed by atoms with Crippen LogP contribution in [0.5, 0.6) is 0 Å². The van der Waals surface area contributed by atoms with Crippen molar-refractivity contribution >= 4 is 12.0 Å². The van der Waals surface area contributed by atoms with Crippen molar-refractivity contribution in [1.82, 2.24) is 5.32 Å². The predicted molar refractivity (Wildman–Crippen MR) is 125 cm³/mol. The van der Waals surface area contributed by atoms with E-state index in [2.05, 4.69) is 12.2 Å². The lowest BCUT2D eigenvalue weighted by atomic mass is 10.0. The standard InChI is InChI=1S/C24H48N2O5/c1-3-4-5-6-7-8-9-10-11-12-13-14-15-16-17-18-19-26-24(29)31-22(23(25)28)21(20-27)30-2/h21-22,27H,3-20H2,1-2H3,(H2,25,28)(H,26,29). The highest BCUT2D eigenvalue weighted by Gasteiger charge is 2.29. The van der Waals surface area contributed by atoms with E-state index in [1.54, 1.807) is 0 Å². The number of ether oxygens (including phenoxy) is 2. The van der Waals surface area contributed by atoms with E-state index in [9.17, 15) is 9.59 Å². The maximum Gasteiger partial charge on any atom is 0.408 e. The molecular weight excluding hydrogens is 396 g/mol. The van der Waals surface area contributed by atoms with Crippen molar-refractivity contribution in [3.05, 3.63) is 0 Å². The zero-order valence-corrected chi connectivity index (χ0v) is 20.0. The molecule has 0 aliphatic rings. The quantitative estimate of drug-likeness (QED) is 0.207. The van der Waals surface area contributed by atoms with Crippen molar-refractivity contribution < 1.29 is 24.2 Å². The summed E-state index contributed by atoms with van der Waals surface area (Å²) in [7, 11) is 1.31. The summed E-state index contributed by atoms with van der Waals surface area (Å²) in [6, 6.07) is 0. The van der Waals surface area contributed by atoms with Crippen LogP contribution in [0, 0.1) is 0 Å². The first-order valence-corrected chi connectivity index (χ1v) is 12.4. The van der Waals surface area contributed by atoms with Gasteiger partial charge in [0.1, 0.15) is 6.10 Å². The van der Waals surface area contributed by atoms with Crippen molar-refractivity contribution in [1.29, 1.82) is 0 Å². The van der Waals surface area contributed by atoms with Crippen LogP contribution < -0.4 is 11.1 Å². The number of rotatable bonds is 22. The maximum atomic E-state index is 11.8. The Balaban J connectivity index is 3.46. The molecule has 7 nitrogen and oxygen atoms in total. The Bertz CT molecular complexity index is 430. The van der Waals surface area contributed by atoms with Gasteiger partial charge in [0, 0.05) is 13.7 Å². The third kappa shape index (κ3) is 18.0. The van der Waals surface area contributed by atoms with Crippen molar-refractivity contribution in [2.75, 3.05) is 20.3 Å². The van der Waals surface area contributed by atoms with Crippen LogP contribution in [0.3, 0.4) is 0 Å². The smallest absolute Gasteiger partial charge is 0.408 e. The molecular formula is C24H48N2O5.